The molecule has 0 atom stereocenters. The van der Waals surface area contributed by atoms with Crippen LogP contribution >= 0.6 is 0 Å². The molecule has 11 heavy (non-hydrogen) atoms. The maximum atomic E-state index is 5.64. The Morgan fingerprint density at radius 3 is 2.91 bits per heavy atom. The van der Waals surface area contributed by atoms with Crippen LogP contribution in [0.1, 0.15) is 26.2 Å². The Balaban J connectivity index is 2.12. The summed E-state index contributed by atoms with van der Waals surface area (Å²) >= 11 is 0. The first kappa shape index (κ1) is 8.37. The highest BCUT2D eigenvalue weighted by Gasteiger charge is 2.11. The van der Waals surface area contributed by atoms with Gasteiger partial charge in [-0.25, -0.2) is 0 Å². The molecule has 3 nitrogen and oxygen atoms in total. The first-order valence-electron chi connectivity index (χ1n) is 4.39. The van der Waals surface area contributed by atoms with Crippen molar-refractivity contribution in [2.45, 2.75) is 26.2 Å². The molecule has 0 saturated heterocycles. The van der Waals surface area contributed by atoms with E-state index in [0.717, 1.165) is 25.6 Å². The van der Waals surface area contributed by atoms with Gasteiger partial charge in [-0.3, -0.25) is 4.99 Å². The summed E-state index contributed by atoms with van der Waals surface area (Å²) in [4.78, 5) is 6.28. The number of nitrogens with two attached hydrogens (primary N) is 1. The minimum atomic E-state index is 0.737. The van der Waals surface area contributed by atoms with Gasteiger partial charge in [-0.1, -0.05) is 19.8 Å². The van der Waals surface area contributed by atoms with Crippen molar-refractivity contribution >= 4 is 5.96 Å². The van der Waals surface area contributed by atoms with Crippen LogP contribution in [0.5, 0.6) is 0 Å². The summed E-state index contributed by atoms with van der Waals surface area (Å²) in [7, 11) is 0. The largest absolute Gasteiger partial charge is 0.370 e. The van der Waals surface area contributed by atoms with Gasteiger partial charge in [-0.2, -0.15) is 0 Å². The van der Waals surface area contributed by atoms with Crippen LogP contribution in [0, 0.1) is 0 Å². The lowest BCUT2D eigenvalue weighted by Gasteiger charge is -2.16. The number of hydrogen-bond donors (Lipinski definition) is 1. The average molecular weight is 155 g/mol. The molecular weight excluding hydrogens is 138 g/mol. The molecule has 0 unspecified atom stereocenters. The van der Waals surface area contributed by atoms with Crippen LogP contribution in [-0.2, 0) is 0 Å². The molecule has 1 aliphatic rings. The Morgan fingerprint density at radius 1 is 1.55 bits per heavy atom. The Hall–Kier alpha value is -0.730. The Kier molecular flexibility index (Phi) is 3.20. The van der Waals surface area contributed by atoms with Gasteiger partial charge in [-0.05, 0) is 6.42 Å². The fourth-order valence-electron chi connectivity index (χ4n) is 1.28. The summed E-state index contributed by atoms with van der Waals surface area (Å²) in [5, 5.41) is 0. The van der Waals surface area contributed by atoms with E-state index < -0.39 is 0 Å². The number of guanidine groups is 1. The normalized spacial score (nSPS) is 17.2. The third kappa shape index (κ3) is 2.41. The number of rotatable bonds is 4. The zero-order valence-electron chi connectivity index (χ0n) is 7.21. The first-order valence-corrected chi connectivity index (χ1v) is 4.39. The number of aliphatic imine (C=N–C) groups is 1. The smallest absolute Gasteiger partial charge is 0.191 e. The van der Waals surface area contributed by atoms with E-state index in [2.05, 4.69) is 16.8 Å². The third-order valence-electron chi connectivity index (χ3n) is 2.00. The van der Waals surface area contributed by atoms with Crippen LogP contribution < -0.4 is 5.73 Å². The first-order chi connectivity index (χ1) is 5.34. The zero-order valence-corrected chi connectivity index (χ0v) is 7.21. The molecule has 0 amide bonds. The molecule has 0 spiro atoms. The molecule has 0 aromatic rings. The Labute approximate surface area is 68.3 Å². The van der Waals surface area contributed by atoms with Crippen LogP contribution in [0.2, 0.25) is 0 Å². The fourth-order valence-corrected chi connectivity index (χ4v) is 1.28. The van der Waals surface area contributed by atoms with E-state index in [0.29, 0.717) is 0 Å². The second-order valence-electron chi connectivity index (χ2n) is 2.93. The molecule has 0 saturated carbocycles. The molecule has 0 radical (unpaired) electrons. The molecule has 1 aliphatic heterocycles. The van der Waals surface area contributed by atoms with Crippen LogP contribution in [0.15, 0.2) is 4.99 Å². The summed E-state index contributed by atoms with van der Waals surface area (Å²) in [5.74, 6) is 0.737. The second kappa shape index (κ2) is 4.21. The molecule has 1 heterocycles. The van der Waals surface area contributed by atoms with Gasteiger partial charge in [0, 0.05) is 13.1 Å². The maximum Gasteiger partial charge on any atom is 0.191 e. The van der Waals surface area contributed by atoms with E-state index in [1.165, 1.54) is 19.3 Å². The van der Waals surface area contributed by atoms with E-state index in [1.54, 1.807) is 0 Å². The van der Waals surface area contributed by atoms with Gasteiger partial charge in [0.05, 0.1) is 6.54 Å². The highest BCUT2D eigenvalue weighted by Crippen LogP contribution is 2.01. The summed E-state index contributed by atoms with van der Waals surface area (Å²) < 4.78 is 0. The van der Waals surface area contributed by atoms with Crippen molar-refractivity contribution in [1.29, 1.82) is 0 Å². The molecule has 0 fully saturated rings. The number of nitrogens with zero attached hydrogens (tertiary/aromatic N) is 2. The molecular formula is C8H17N3. The van der Waals surface area contributed by atoms with Crippen LogP contribution in [-0.4, -0.2) is 30.5 Å². The van der Waals surface area contributed by atoms with Gasteiger partial charge in [0.15, 0.2) is 5.96 Å². The van der Waals surface area contributed by atoms with Crippen molar-refractivity contribution < 1.29 is 0 Å². The van der Waals surface area contributed by atoms with Crippen molar-refractivity contribution in [3.8, 4) is 0 Å². The van der Waals surface area contributed by atoms with E-state index >= 15 is 0 Å². The molecule has 1 rings (SSSR count). The van der Waals surface area contributed by atoms with Crippen molar-refractivity contribution in [2.24, 2.45) is 10.7 Å². The summed E-state index contributed by atoms with van der Waals surface area (Å²) in [5.41, 5.74) is 5.64. The van der Waals surface area contributed by atoms with Gasteiger partial charge < -0.3 is 10.6 Å². The average Bonchev–Trinajstić information content (AvgIpc) is 2.37. The Morgan fingerprint density at radius 2 is 2.36 bits per heavy atom. The number of unbranched alkanes of at least 4 members (excludes halogenated alkanes) is 2. The van der Waals surface area contributed by atoms with E-state index in [-0.39, 0.29) is 0 Å². The van der Waals surface area contributed by atoms with Gasteiger partial charge >= 0.3 is 0 Å². The quantitative estimate of drug-likeness (QED) is 0.610. The molecule has 2 N–H and O–H groups in total. The second-order valence-corrected chi connectivity index (χ2v) is 2.93. The molecule has 64 valence electrons. The summed E-state index contributed by atoms with van der Waals surface area (Å²) in [6.45, 7) is 5.21. The topological polar surface area (TPSA) is 41.6 Å². The maximum absolute atomic E-state index is 5.64. The van der Waals surface area contributed by atoms with Gasteiger partial charge in [0.2, 0.25) is 0 Å². The van der Waals surface area contributed by atoms with Crippen molar-refractivity contribution in [3.05, 3.63) is 0 Å². The van der Waals surface area contributed by atoms with Gasteiger partial charge in [0.25, 0.3) is 0 Å². The van der Waals surface area contributed by atoms with E-state index in [4.69, 9.17) is 5.73 Å². The minimum Gasteiger partial charge on any atom is -0.370 e. The Bertz CT molecular complexity index is 142. The van der Waals surface area contributed by atoms with Gasteiger partial charge in [0.1, 0.15) is 0 Å². The molecule has 0 aromatic heterocycles. The van der Waals surface area contributed by atoms with Gasteiger partial charge in [-0.15, -0.1) is 0 Å². The monoisotopic (exact) mass is 155 g/mol. The van der Waals surface area contributed by atoms with E-state index in [1.807, 2.05) is 0 Å². The molecule has 0 bridgehead atoms. The predicted octanol–water partition coefficient (Wildman–Crippen LogP) is 0.807. The predicted molar refractivity (Wildman–Crippen MR) is 47.6 cm³/mol. The van der Waals surface area contributed by atoms with Crippen molar-refractivity contribution in [2.75, 3.05) is 19.6 Å². The zero-order chi connectivity index (χ0) is 8.10. The molecule has 3 heteroatoms. The highest BCUT2D eigenvalue weighted by molar-refractivity contribution is 5.79. The van der Waals surface area contributed by atoms with Crippen molar-refractivity contribution in [3.63, 3.8) is 0 Å². The SMILES string of the molecule is CCCCCN1CCN=C1N. The van der Waals surface area contributed by atoms with Crippen molar-refractivity contribution in [1.82, 2.24) is 4.90 Å². The third-order valence-corrected chi connectivity index (χ3v) is 2.00. The minimum absolute atomic E-state index is 0.737. The van der Waals surface area contributed by atoms with E-state index in [9.17, 15) is 0 Å². The summed E-state index contributed by atoms with van der Waals surface area (Å²) in [6.07, 6.45) is 3.81. The van der Waals surface area contributed by atoms with Crippen LogP contribution in [0.3, 0.4) is 0 Å². The summed E-state index contributed by atoms with van der Waals surface area (Å²) in [6, 6.07) is 0. The lowest BCUT2D eigenvalue weighted by molar-refractivity contribution is 0.433. The standard InChI is InChI=1S/C8H17N3/c1-2-3-4-6-11-7-5-10-8(11)9/h2-7H2,1H3,(H2,9,10). The highest BCUT2D eigenvalue weighted by atomic mass is 15.3. The lowest BCUT2D eigenvalue weighted by Crippen LogP contribution is -2.34. The molecule has 0 aliphatic carbocycles. The fraction of sp³-hybridized carbons (Fsp3) is 0.875. The lowest BCUT2D eigenvalue weighted by atomic mass is 10.2. The van der Waals surface area contributed by atoms with Crippen LogP contribution in [0.4, 0.5) is 0 Å². The van der Waals surface area contributed by atoms with Crippen LogP contribution in [0.25, 0.3) is 0 Å². The number of hydrogen-bond acceptors (Lipinski definition) is 3. The molecule has 0 aromatic carbocycles.